The Morgan fingerprint density at radius 1 is 1.83 bits per heavy atom. The Morgan fingerprint density at radius 3 is 2.67 bits per heavy atom. The molecule has 0 radical (unpaired) electrons. The monoisotopic (exact) mass is 77.0 g/mol. The van der Waals surface area contributed by atoms with Crippen LogP contribution in [0.5, 0.6) is 0 Å². The van der Waals surface area contributed by atoms with Crippen molar-refractivity contribution in [3.63, 3.8) is 0 Å². The van der Waals surface area contributed by atoms with E-state index in [0.29, 0.717) is 5.54 Å². The minimum atomic E-state index is 0.660. The highest BCUT2D eigenvalue weighted by molar-refractivity contribution is 6.40. The molecule has 0 aromatic carbocycles. The van der Waals surface area contributed by atoms with E-state index in [2.05, 4.69) is 4.99 Å². The Labute approximate surface area is 35.1 Å². The first kappa shape index (κ1) is 1.65. The largest absolute Gasteiger partial charge is 0.277 e. The minimum Gasteiger partial charge on any atom is -0.277 e. The molecule has 3 aliphatic carbocycles. The number of nitrogens with zero attached hydrogens (tertiary/aromatic N) is 1. The second-order valence-corrected chi connectivity index (χ2v) is 2.95. The van der Waals surface area contributed by atoms with E-state index in [0.717, 1.165) is 11.3 Å². The molecule has 6 heavy (non-hydrogen) atoms. The van der Waals surface area contributed by atoms with Gasteiger partial charge in [-0.3, -0.25) is 4.99 Å². The lowest BCUT2D eigenvalue weighted by atomic mass is 10.3. The lowest BCUT2D eigenvalue weighted by Crippen LogP contribution is -1.83. The Morgan fingerprint density at radius 2 is 2.67 bits per heavy atom. The van der Waals surface area contributed by atoms with Crippen LogP contribution in [-0.4, -0.2) is 11.3 Å². The molecule has 1 heteroatoms. The van der Waals surface area contributed by atoms with E-state index in [9.17, 15) is 0 Å². The van der Waals surface area contributed by atoms with Crippen LogP contribution < -0.4 is 0 Å². The van der Waals surface area contributed by atoms with Crippen molar-refractivity contribution in [2.45, 2.75) is 12.0 Å². The van der Waals surface area contributed by atoms with E-state index in [1.54, 1.807) is 5.71 Å². The van der Waals surface area contributed by atoms with Gasteiger partial charge in [-0.05, 0) is 6.42 Å². The standard InChI is InChI=1S/C5H3N/c1-2-4(1)3-5(2,4)6-3/h2H,1H2/t2?,4-,5?/m1/s1. The van der Waals surface area contributed by atoms with E-state index >= 15 is 0 Å². The SMILES string of the molecule is C1C2C34N=C3[C@@]124. The zero-order valence-electron chi connectivity index (χ0n) is 3.23. The average molecular weight is 77.1 g/mol. The number of hydrogen-bond acceptors (Lipinski definition) is 1. The zero-order valence-corrected chi connectivity index (χ0v) is 3.23. The molecule has 0 amide bonds. The molecular formula is C5H3N. The summed E-state index contributed by atoms with van der Waals surface area (Å²) < 4.78 is 0. The van der Waals surface area contributed by atoms with Crippen molar-refractivity contribution in [3.8, 4) is 0 Å². The van der Waals surface area contributed by atoms with Crippen LogP contribution in [0.25, 0.3) is 0 Å². The van der Waals surface area contributed by atoms with Gasteiger partial charge in [0.15, 0.2) is 0 Å². The van der Waals surface area contributed by atoms with E-state index in [-0.39, 0.29) is 0 Å². The van der Waals surface area contributed by atoms with Crippen molar-refractivity contribution in [2.75, 3.05) is 0 Å². The van der Waals surface area contributed by atoms with Crippen LogP contribution in [0.1, 0.15) is 6.42 Å². The molecule has 0 aromatic heterocycles. The summed E-state index contributed by atoms with van der Waals surface area (Å²) in [5, 5.41) is 0. The summed E-state index contributed by atoms with van der Waals surface area (Å²) >= 11 is 0. The predicted molar refractivity (Wildman–Crippen MR) is 20.7 cm³/mol. The highest BCUT2D eigenvalue weighted by Crippen LogP contribution is 3.06. The third-order valence-electron chi connectivity index (χ3n) is 3.02. The molecule has 0 aromatic rings. The first-order valence-corrected chi connectivity index (χ1v) is 2.54. The van der Waals surface area contributed by atoms with Crippen molar-refractivity contribution in [3.05, 3.63) is 0 Å². The van der Waals surface area contributed by atoms with Crippen molar-refractivity contribution < 1.29 is 0 Å². The van der Waals surface area contributed by atoms with Crippen molar-refractivity contribution >= 4 is 5.71 Å². The summed E-state index contributed by atoms with van der Waals surface area (Å²) in [4.78, 5) is 4.24. The number of hydrogen-bond donors (Lipinski definition) is 0. The van der Waals surface area contributed by atoms with Crippen molar-refractivity contribution in [2.24, 2.45) is 16.3 Å². The highest BCUT2D eigenvalue weighted by atomic mass is 15.4. The number of rotatable bonds is 0. The Hall–Kier alpha value is -0.330. The summed E-state index contributed by atoms with van der Waals surface area (Å²) in [5.74, 6) is 1.11. The second-order valence-electron chi connectivity index (χ2n) is 2.95. The Bertz CT molecular complexity index is 218. The molecule has 0 N–H and O–H groups in total. The molecule has 3 saturated carbocycles. The molecule has 2 spiro atoms. The van der Waals surface area contributed by atoms with Crippen LogP contribution in [0, 0.1) is 11.3 Å². The number of aliphatic imine (C=N–C) groups is 1. The maximum Gasteiger partial charge on any atom is 0.114 e. The molecule has 2 unspecified atom stereocenters. The Balaban J connectivity index is 2.49. The van der Waals surface area contributed by atoms with Crippen LogP contribution in [0.3, 0.4) is 0 Å². The van der Waals surface area contributed by atoms with Crippen LogP contribution >= 0.6 is 0 Å². The molecule has 0 bridgehead atoms. The van der Waals surface area contributed by atoms with Gasteiger partial charge < -0.3 is 0 Å². The van der Waals surface area contributed by atoms with Crippen molar-refractivity contribution in [1.82, 2.24) is 0 Å². The van der Waals surface area contributed by atoms with Gasteiger partial charge in [-0.1, -0.05) is 0 Å². The molecule has 1 nitrogen and oxygen atoms in total. The lowest BCUT2D eigenvalue weighted by Gasteiger charge is -1.77. The molecular weight excluding hydrogens is 74.1 g/mol. The van der Waals surface area contributed by atoms with Gasteiger partial charge in [0.05, 0.1) is 5.71 Å². The topological polar surface area (TPSA) is 12.4 Å². The molecule has 1 heterocycles. The molecule has 3 atom stereocenters. The molecule has 3 fully saturated rings. The van der Waals surface area contributed by atoms with Gasteiger partial charge in [0.25, 0.3) is 0 Å². The van der Waals surface area contributed by atoms with Crippen LogP contribution in [0.15, 0.2) is 4.99 Å². The minimum absolute atomic E-state index is 0.660. The smallest absolute Gasteiger partial charge is 0.114 e. The summed E-state index contributed by atoms with van der Waals surface area (Å²) in [5.41, 5.74) is 3.12. The maximum absolute atomic E-state index is 4.24. The van der Waals surface area contributed by atoms with Gasteiger partial charge in [0.2, 0.25) is 0 Å². The quantitative estimate of drug-likeness (QED) is 0.392. The lowest BCUT2D eigenvalue weighted by molar-refractivity contribution is 0.781. The molecule has 1 aliphatic heterocycles. The van der Waals surface area contributed by atoms with E-state index < -0.39 is 0 Å². The third kappa shape index (κ3) is 0.0218. The molecule has 28 valence electrons. The van der Waals surface area contributed by atoms with E-state index in [1.165, 1.54) is 6.42 Å². The van der Waals surface area contributed by atoms with Crippen LogP contribution in [0.2, 0.25) is 0 Å². The Kier molecular flexibility index (Phi) is 0.0446. The third-order valence-corrected chi connectivity index (χ3v) is 3.02. The molecule has 0 saturated heterocycles. The molecule has 4 rings (SSSR count). The van der Waals surface area contributed by atoms with Gasteiger partial charge in [0.1, 0.15) is 5.54 Å². The van der Waals surface area contributed by atoms with Gasteiger partial charge in [-0.25, -0.2) is 0 Å². The van der Waals surface area contributed by atoms with Gasteiger partial charge in [-0.15, -0.1) is 0 Å². The fourth-order valence-electron chi connectivity index (χ4n) is 2.22. The summed E-state index contributed by atoms with van der Waals surface area (Å²) in [6.07, 6.45) is 1.52. The predicted octanol–water partition coefficient (Wildman–Crippen LogP) is 0.213. The van der Waals surface area contributed by atoms with E-state index in [4.69, 9.17) is 0 Å². The van der Waals surface area contributed by atoms with Crippen LogP contribution in [-0.2, 0) is 0 Å². The van der Waals surface area contributed by atoms with Gasteiger partial charge in [0, 0.05) is 11.3 Å². The highest BCUT2D eigenvalue weighted by Gasteiger charge is 3.15. The second kappa shape index (κ2) is 0.163. The average Bonchev–Trinajstić information content (AvgIpc) is 2.32. The van der Waals surface area contributed by atoms with Gasteiger partial charge >= 0.3 is 0 Å². The fraction of sp³-hybridized carbons (Fsp3) is 0.800. The first-order chi connectivity index (χ1) is 2.93. The van der Waals surface area contributed by atoms with Gasteiger partial charge in [-0.2, -0.15) is 0 Å². The summed E-state index contributed by atoms with van der Waals surface area (Å²) in [6.45, 7) is 0. The maximum atomic E-state index is 4.24. The van der Waals surface area contributed by atoms with Crippen molar-refractivity contribution in [1.29, 1.82) is 0 Å². The first-order valence-electron chi connectivity index (χ1n) is 2.54. The summed E-state index contributed by atoms with van der Waals surface area (Å²) in [7, 11) is 0. The zero-order chi connectivity index (χ0) is 3.57. The normalized spacial score (nSPS) is 94.7. The van der Waals surface area contributed by atoms with Crippen LogP contribution in [0.4, 0.5) is 0 Å². The molecule has 4 aliphatic rings. The summed E-state index contributed by atoms with van der Waals surface area (Å²) in [6, 6.07) is 0. The fourth-order valence-corrected chi connectivity index (χ4v) is 2.22. The van der Waals surface area contributed by atoms with E-state index in [1.807, 2.05) is 0 Å².